The molecule has 1 aliphatic heterocycles. The summed E-state index contributed by atoms with van der Waals surface area (Å²) in [5.74, 6) is -0.0278. The van der Waals surface area contributed by atoms with Crippen molar-refractivity contribution in [1.82, 2.24) is 0 Å². The maximum absolute atomic E-state index is 10.7. The van der Waals surface area contributed by atoms with Crippen LogP contribution in [0, 0.1) is 0 Å². The summed E-state index contributed by atoms with van der Waals surface area (Å²) in [6, 6.07) is 7.48. The molecule has 1 aliphatic rings. The van der Waals surface area contributed by atoms with Crippen LogP contribution in [0.25, 0.3) is 0 Å². The van der Waals surface area contributed by atoms with E-state index in [1.54, 1.807) is 13.8 Å². The third-order valence-corrected chi connectivity index (χ3v) is 3.17. The van der Waals surface area contributed by atoms with Crippen molar-refractivity contribution in [3.63, 3.8) is 0 Å². The van der Waals surface area contributed by atoms with Crippen LogP contribution in [0.5, 0.6) is 5.75 Å². The summed E-state index contributed by atoms with van der Waals surface area (Å²) in [4.78, 5) is 0. The highest BCUT2D eigenvalue weighted by Crippen LogP contribution is 2.39. The number of nitrogens with two attached hydrogens (primary N) is 1. The summed E-state index contributed by atoms with van der Waals surface area (Å²) in [7, 11) is -3.92. The molecule has 0 aliphatic carbocycles. The molecule has 1 unspecified atom stereocenters. The van der Waals surface area contributed by atoms with Crippen molar-refractivity contribution in [3.8, 4) is 5.75 Å². The molecule has 0 fully saturated rings. The van der Waals surface area contributed by atoms with E-state index in [4.69, 9.17) is 14.6 Å². The molecule has 6 nitrogen and oxygen atoms in total. The van der Waals surface area contributed by atoms with Crippen LogP contribution < -0.4 is 9.88 Å². The topological polar surface area (TPSA) is 87.9 Å². The van der Waals surface area contributed by atoms with Crippen LogP contribution in [0.1, 0.15) is 31.9 Å². The molecule has 106 valence electrons. The first-order valence-electron chi connectivity index (χ1n) is 5.90. The highest BCUT2D eigenvalue weighted by atomic mass is 32.2. The number of hydrogen-bond acceptors (Lipinski definition) is 5. The lowest BCUT2D eigenvalue weighted by molar-refractivity contribution is -0.209. The number of rotatable bonds is 4. The van der Waals surface area contributed by atoms with Gasteiger partial charge < -0.3 is 9.47 Å². The second kappa shape index (κ2) is 5.09. The van der Waals surface area contributed by atoms with Crippen molar-refractivity contribution < 1.29 is 22.1 Å². The van der Waals surface area contributed by atoms with Crippen LogP contribution in [0.4, 0.5) is 0 Å². The lowest BCUT2D eigenvalue weighted by Crippen LogP contribution is -2.38. The number of hydrogen-bond donors (Lipinski definition) is 1. The molecule has 0 aromatic heterocycles. The van der Waals surface area contributed by atoms with Crippen molar-refractivity contribution in [3.05, 3.63) is 29.8 Å². The van der Waals surface area contributed by atoms with E-state index in [2.05, 4.69) is 4.18 Å². The second-order valence-electron chi connectivity index (χ2n) is 4.75. The van der Waals surface area contributed by atoms with E-state index in [0.717, 1.165) is 11.3 Å². The van der Waals surface area contributed by atoms with Gasteiger partial charge in [-0.3, -0.25) is 4.18 Å². The Bertz CT molecular complexity index is 555. The molecule has 0 amide bonds. The molecule has 1 aromatic carbocycles. The van der Waals surface area contributed by atoms with Crippen molar-refractivity contribution in [2.45, 2.75) is 32.2 Å². The van der Waals surface area contributed by atoms with Gasteiger partial charge in [0.25, 0.3) is 0 Å². The lowest BCUT2D eigenvalue weighted by atomic mass is 10.0. The molecule has 2 rings (SSSR count). The van der Waals surface area contributed by atoms with E-state index in [9.17, 15) is 8.42 Å². The van der Waals surface area contributed by atoms with Crippen LogP contribution in [-0.2, 0) is 19.2 Å². The Morgan fingerprint density at radius 3 is 2.74 bits per heavy atom. The average Bonchev–Trinajstić information content (AvgIpc) is 2.25. The zero-order chi connectivity index (χ0) is 14.1. The first kappa shape index (κ1) is 14.3. The fraction of sp³-hybridized carbons (Fsp3) is 0.500. The summed E-state index contributed by atoms with van der Waals surface area (Å²) >= 11 is 0. The van der Waals surface area contributed by atoms with E-state index >= 15 is 0 Å². The van der Waals surface area contributed by atoms with Gasteiger partial charge in [0.1, 0.15) is 5.75 Å². The van der Waals surface area contributed by atoms with Gasteiger partial charge in [-0.25, -0.2) is 5.14 Å². The van der Waals surface area contributed by atoms with Crippen molar-refractivity contribution in [1.29, 1.82) is 0 Å². The van der Waals surface area contributed by atoms with Crippen molar-refractivity contribution in [2.75, 3.05) is 6.61 Å². The van der Waals surface area contributed by atoms with Gasteiger partial charge in [-0.05, 0) is 6.07 Å². The summed E-state index contributed by atoms with van der Waals surface area (Å²) in [6.45, 7) is 3.57. The van der Waals surface area contributed by atoms with Crippen LogP contribution in [0.15, 0.2) is 24.3 Å². The predicted molar refractivity (Wildman–Crippen MR) is 68.7 cm³/mol. The molecule has 1 heterocycles. The van der Waals surface area contributed by atoms with E-state index in [1.807, 2.05) is 24.3 Å². The Balaban J connectivity index is 2.12. The molecule has 0 bridgehead atoms. The quantitative estimate of drug-likeness (QED) is 0.906. The maximum Gasteiger partial charge on any atom is 0.333 e. The number of ether oxygens (including phenoxy) is 2. The van der Waals surface area contributed by atoms with E-state index in [1.165, 1.54) is 0 Å². The van der Waals surface area contributed by atoms with Gasteiger partial charge in [0.15, 0.2) is 0 Å². The predicted octanol–water partition coefficient (Wildman–Crippen LogP) is 1.48. The third kappa shape index (κ3) is 3.90. The summed E-state index contributed by atoms with van der Waals surface area (Å²) in [5.41, 5.74) is 0.875. The monoisotopic (exact) mass is 287 g/mol. The Labute approximate surface area is 112 Å². The molecule has 0 radical (unpaired) electrons. The van der Waals surface area contributed by atoms with Crippen LogP contribution in [-0.4, -0.2) is 20.8 Å². The largest absolute Gasteiger partial charge is 0.463 e. The molecule has 2 N–H and O–H groups in total. The van der Waals surface area contributed by atoms with Gasteiger partial charge in [-0.2, -0.15) is 8.42 Å². The highest BCUT2D eigenvalue weighted by molar-refractivity contribution is 7.84. The fourth-order valence-corrected chi connectivity index (χ4v) is 2.35. The maximum atomic E-state index is 10.7. The summed E-state index contributed by atoms with van der Waals surface area (Å²) in [5, 5.41) is 4.78. The standard InChI is InChI=1S/C12H17NO5S/c1-12(2)17-10-6-4-3-5-9(10)11(18-12)7-8-16-19(13,14)15/h3-6,11H,7-8H2,1-2H3,(H2,13,14,15). The molecule has 0 spiro atoms. The van der Waals surface area contributed by atoms with Crippen LogP contribution in [0.3, 0.4) is 0 Å². The third-order valence-electron chi connectivity index (χ3n) is 2.68. The zero-order valence-corrected chi connectivity index (χ0v) is 11.6. The second-order valence-corrected chi connectivity index (χ2v) is 5.97. The molecule has 0 saturated heterocycles. The van der Waals surface area contributed by atoms with Crippen LogP contribution >= 0.6 is 0 Å². The number of para-hydroxylation sites is 1. The Kier molecular flexibility index (Phi) is 3.82. The summed E-state index contributed by atoms with van der Waals surface area (Å²) in [6.07, 6.45) is 0.0851. The molecular formula is C12H17NO5S. The van der Waals surface area contributed by atoms with Crippen LogP contribution in [0.2, 0.25) is 0 Å². The normalized spacial score (nSPS) is 21.5. The minimum Gasteiger partial charge on any atom is -0.463 e. The van der Waals surface area contributed by atoms with Gasteiger partial charge >= 0.3 is 10.3 Å². The van der Waals surface area contributed by atoms with Gasteiger partial charge in [-0.15, -0.1) is 0 Å². The van der Waals surface area contributed by atoms with E-state index in [-0.39, 0.29) is 12.7 Å². The van der Waals surface area contributed by atoms with Gasteiger partial charge in [0.2, 0.25) is 5.79 Å². The molecule has 1 atom stereocenters. The Morgan fingerprint density at radius 2 is 2.05 bits per heavy atom. The minimum atomic E-state index is -3.92. The molecule has 7 heteroatoms. The highest BCUT2D eigenvalue weighted by Gasteiger charge is 2.33. The smallest absolute Gasteiger partial charge is 0.333 e. The first-order valence-corrected chi connectivity index (χ1v) is 7.37. The Morgan fingerprint density at radius 1 is 1.37 bits per heavy atom. The molecule has 0 saturated carbocycles. The van der Waals surface area contributed by atoms with Gasteiger partial charge in [0.05, 0.1) is 12.7 Å². The summed E-state index contributed by atoms with van der Waals surface area (Å²) < 4.78 is 37.5. The SMILES string of the molecule is CC1(C)Oc2ccccc2C(CCOS(N)(=O)=O)O1. The Hall–Kier alpha value is -1.15. The van der Waals surface area contributed by atoms with Crippen molar-refractivity contribution in [2.24, 2.45) is 5.14 Å². The number of benzene rings is 1. The number of fused-ring (bicyclic) bond motifs is 1. The van der Waals surface area contributed by atoms with E-state index in [0.29, 0.717) is 6.42 Å². The molecular weight excluding hydrogens is 270 g/mol. The van der Waals surface area contributed by atoms with E-state index < -0.39 is 16.1 Å². The lowest BCUT2D eigenvalue weighted by Gasteiger charge is -2.37. The molecule has 19 heavy (non-hydrogen) atoms. The van der Waals surface area contributed by atoms with Gasteiger partial charge in [-0.1, -0.05) is 18.2 Å². The average molecular weight is 287 g/mol. The van der Waals surface area contributed by atoms with Gasteiger partial charge in [0, 0.05) is 25.8 Å². The fourth-order valence-electron chi connectivity index (χ4n) is 2.02. The molecule has 1 aromatic rings. The van der Waals surface area contributed by atoms with Crippen molar-refractivity contribution >= 4 is 10.3 Å². The minimum absolute atomic E-state index is 0.0338. The zero-order valence-electron chi connectivity index (χ0n) is 10.8. The first-order chi connectivity index (χ1) is 8.77.